The van der Waals surface area contributed by atoms with Crippen molar-refractivity contribution in [2.75, 3.05) is 0 Å². The van der Waals surface area contributed by atoms with E-state index in [1.165, 1.54) is 43.3 Å². The zero-order chi connectivity index (χ0) is 18.4. The second kappa shape index (κ2) is 8.09. The number of nitrogens with one attached hydrogen (secondary N) is 2. The molecular weight excluding hydrogens is 347 g/mol. The summed E-state index contributed by atoms with van der Waals surface area (Å²) in [6.07, 6.45) is -0.182. The van der Waals surface area contributed by atoms with Gasteiger partial charge in [0.05, 0.1) is 4.90 Å². The molecule has 2 rings (SSSR count). The van der Waals surface area contributed by atoms with Crippen molar-refractivity contribution in [1.29, 1.82) is 0 Å². The van der Waals surface area contributed by atoms with Gasteiger partial charge in [-0.1, -0.05) is 19.1 Å². The summed E-state index contributed by atoms with van der Waals surface area (Å²) in [6, 6.07) is 11.5. The van der Waals surface area contributed by atoms with Crippen molar-refractivity contribution in [3.63, 3.8) is 0 Å². The molecule has 2 N–H and O–H groups in total. The highest BCUT2D eigenvalue weighted by Gasteiger charge is 2.19. The normalized spacial score (nSPS) is 12.4. The van der Waals surface area contributed by atoms with E-state index in [0.717, 1.165) is 12.0 Å². The highest BCUT2D eigenvalue weighted by atomic mass is 32.2. The second-order valence-electron chi connectivity index (χ2n) is 5.31. The Balaban J connectivity index is 1.94. The van der Waals surface area contributed by atoms with Gasteiger partial charge in [0, 0.05) is 0 Å². The van der Waals surface area contributed by atoms with Crippen LogP contribution < -0.4 is 15.0 Å². The molecule has 0 heterocycles. The molecule has 0 radical (unpaired) electrons. The molecule has 1 amide bonds. The zero-order valence-corrected chi connectivity index (χ0v) is 14.6. The lowest BCUT2D eigenvalue weighted by atomic mass is 10.2. The van der Waals surface area contributed by atoms with Crippen molar-refractivity contribution < 1.29 is 22.3 Å². The topological polar surface area (TPSA) is 84.5 Å². The van der Waals surface area contributed by atoms with Crippen molar-refractivity contribution in [2.24, 2.45) is 0 Å². The monoisotopic (exact) mass is 366 g/mol. The van der Waals surface area contributed by atoms with Gasteiger partial charge < -0.3 is 4.74 Å². The number of amides is 1. The van der Waals surface area contributed by atoms with E-state index in [2.05, 4.69) is 5.43 Å². The quantitative estimate of drug-likeness (QED) is 0.736. The van der Waals surface area contributed by atoms with Gasteiger partial charge in [-0.3, -0.25) is 10.2 Å². The predicted molar refractivity (Wildman–Crippen MR) is 90.8 cm³/mol. The molecule has 0 spiro atoms. The third-order valence-electron chi connectivity index (χ3n) is 3.45. The average Bonchev–Trinajstić information content (AvgIpc) is 2.61. The Labute approximate surface area is 146 Å². The Bertz CT molecular complexity index is 821. The molecule has 2 aromatic rings. The van der Waals surface area contributed by atoms with Gasteiger partial charge in [-0.05, 0) is 55.3 Å². The number of benzene rings is 2. The molecule has 8 heteroatoms. The van der Waals surface area contributed by atoms with E-state index in [-0.39, 0.29) is 4.90 Å². The zero-order valence-electron chi connectivity index (χ0n) is 13.8. The summed E-state index contributed by atoms with van der Waals surface area (Å²) in [5.74, 6) is -0.813. The Morgan fingerprint density at radius 1 is 1.12 bits per heavy atom. The first kappa shape index (κ1) is 18.9. The van der Waals surface area contributed by atoms with Crippen LogP contribution >= 0.6 is 0 Å². The number of aryl methyl sites for hydroxylation is 1. The maximum atomic E-state index is 12.8. The molecule has 0 aromatic heterocycles. The molecule has 25 heavy (non-hydrogen) atoms. The molecule has 0 aliphatic rings. The molecule has 134 valence electrons. The van der Waals surface area contributed by atoms with Crippen LogP contribution in [-0.2, 0) is 21.2 Å². The van der Waals surface area contributed by atoms with Crippen LogP contribution in [-0.4, -0.2) is 20.4 Å². The van der Waals surface area contributed by atoms with Gasteiger partial charge in [-0.2, -0.15) is 0 Å². The summed E-state index contributed by atoms with van der Waals surface area (Å²) in [7, 11) is -3.88. The Kier molecular flexibility index (Phi) is 6.11. The Morgan fingerprint density at radius 3 is 2.28 bits per heavy atom. The molecular formula is C17H19FN2O4S. The van der Waals surface area contributed by atoms with Gasteiger partial charge in [0.15, 0.2) is 6.10 Å². The SMILES string of the molecule is CCc1ccc(S(=O)(=O)NNC(=O)[C@@H](C)Oc2ccc(F)cc2)cc1. The van der Waals surface area contributed by atoms with Crippen LogP contribution in [0.3, 0.4) is 0 Å². The largest absolute Gasteiger partial charge is 0.481 e. The number of sulfonamides is 1. The summed E-state index contributed by atoms with van der Waals surface area (Å²) < 4.78 is 42.4. The summed E-state index contributed by atoms with van der Waals surface area (Å²) in [4.78, 5) is 14.0. The number of hydrogen-bond donors (Lipinski definition) is 2. The molecule has 1 atom stereocenters. The minimum Gasteiger partial charge on any atom is -0.481 e. The minimum atomic E-state index is -3.88. The molecule has 6 nitrogen and oxygen atoms in total. The number of carbonyl (C=O) groups is 1. The first-order chi connectivity index (χ1) is 11.8. The third-order valence-corrected chi connectivity index (χ3v) is 4.71. The second-order valence-corrected chi connectivity index (χ2v) is 6.99. The van der Waals surface area contributed by atoms with Gasteiger partial charge >= 0.3 is 0 Å². The van der Waals surface area contributed by atoms with Crippen LogP contribution in [0.25, 0.3) is 0 Å². The molecule has 0 aliphatic heterocycles. The van der Waals surface area contributed by atoms with Crippen LogP contribution in [0.4, 0.5) is 4.39 Å². The lowest BCUT2D eigenvalue weighted by Gasteiger charge is -2.15. The molecule has 0 aliphatic carbocycles. The van der Waals surface area contributed by atoms with Gasteiger partial charge in [-0.15, -0.1) is 4.83 Å². The number of ether oxygens (including phenoxy) is 1. The summed E-state index contributed by atoms with van der Waals surface area (Å²) in [5.41, 5.74) is 3.11. The van der Waals surface area contributed by atoms with Crippen LogP contribution in [0.2, 0.25) is 0 Å². The fraction of sp³-hybridized carbons (Fsp3) is 0.235. The molecule has 0 saturated heterocycles. The lowest BCUT2D eigenvalue weighted by Crippen LogP contribution is -2.47. The Morgan fingerprint density at radius 2 is 1.72 bits per heavy atom. The summed E-state index contributed by atoms with van der Waals surface area (Å²) in [5, 5.41) is 0. The van der Waals surface area contributed by atoms with Crippen LogP contribution in [0.1, 0.15) is 19.4 Å². The van der Waals surface area contributed by atoms with Gasteiger partial charge in [0.1, 0.15) is 11.6 Å². The van der Waals surface area contributed by atoms with Crippen LogP contribution in [0.5, 0.6) is 5.75 Å². The van der Waals surface area contributed by atoms with E-state index in [1.54, 1.807) is 12.1 Å². The molecule has 0 unspecified atom stereocenters. The van der Waals surface area contributed by atoms with Crippen molar-refractivity contribution in [3.8, 4) is 5.75 Å². The number of halogens is 1. The van der Waals surface area contributed by atoms with E-state index in [0.29, 0.717) is 5.75 Å². The minimum absolute atomic E-state index is 0.0390. The van der Waals surface area contributed by atoms with Gasteiger partial charge in [-0.25, -0.2) is 12.8 Å². The summed E-state index contributed by atoms with van der Waals surface area (Å²) >= 11 is 0. The van der Waals surface area contributed by atoms with Crippen molar-refractivity contribution >= 4 is 15.9 Å². The smallest absolute Gasteiger partial charge is 0.275 e. The third kappa shape index (κ3) is 5.27. The maximum Gasteiger partial charge on any atom is 0.275 e. The van der Waals surface area contributed by atoms with Gasteiger partial charge in [0.2, 0.25) is 0 Å². The molecule has 0 bridgehead atoms. The van der Waals surface area contributed by atoms with E-state index in [4.69, 9.17) is 4.74 Å². The number of hydrogen-bond acceptors (Lipinski definition) is 4. The first-order valence-electron chi connectivity index (χ1n) is 7.64. The maximum absolute atomic E-state index is 12.8. The number of hydrazine groups is 1. The van der Waals surface area contributed by atoms with E-state index < -0.39 is 27.9 Å². The van der Waals surface area contributed by atoms with E-state index >= 15 is 0 Å². The Hall–Kier alpha value is -2.45. The van der Waals surface area contributed by atoms with Crippen LogP contribution in [0.15, 0.2) is 53.4 Å². The van der Waals surface area contributed by atoms with Crippen molar-refractivity contribution in [3.05, 3.63) is 59.9 Å². The van der Waals surface area contributed by atoms with Crippen molar-refractivity contribution in [1.82, 2.24) is 10.3 Å². The fourth-order valence-corrected chi connectivity index (χ4v) is 2.80. The first-order valence-corrected chi connectivity index (χ1v) is 9.13. The summed E-state index contributed by atoms with van der Waals surface area (Å²) in [6.45, 7) is 3.41. The average molecular weight is 366 g/mol. The molecule has 2 aromatic carbocycles. The fourth-order valence-electron chi connectivity index (χ4n) is 1.95. The highest BCUT2D eigenvalue weighted by Crippen LogP contribution is 2.13. The van der Waals surface area contributed by atoms with Crippen molar-refractivity contribution in [2.45, 2.75) is 31.3 Å². The molecule has 0 fully saturated rings. The molecule has 0 saturated carbocycles. The number of rotatable bonds is 7. The predicted octanol–water partition coefficient (Wildman–Crippen LogP) is 2.17. The standard InChI is InChI=1S/C17H19FN2O4S/c1-3-13-4-10-16(11-5-13)25(22,23)20-19-17(21)12(2)24-15-8-6-14(18)7-9-15/h4-12,20H,3H2,1-2H3,(H,19,21)/t12-/m1/s1. The lowest BCUT2D eigenvalue weighted by molar-refractivity contribution is -0.127. The number of carbonyl (C=O) groups excluding carboxylic acids is 1. The van der Waals surface area contributed by atoms with Crippen LogP contribution in [0, 0.1) is 5.82 Å². The van der Waals surface area contributed by atoms with E-state index in [9.17, 15) is 17.6 Å². The van der Waals surface area contributed by atoms with E-state index in [1.807, 2.05) is 11.8 Å². The van der Waals surface area contributed by atoms with Gasteiger partial charge in [0.25, 0.3) is 15.9 Å². The highest BCUT2D eigenvalue weighted by molar-refractivity contribution is 7.89.